The normalized spacial score (nSPS) is 10.5. The van der Waals surface area contributed by atoms with Gasteiger partial charge in [-0.2, -0.15) is 15.0 Å². The monoisotopic (exact) mass is 243 g/mol. The lowest BCUT2D eigenvalue weighted by Crippen LogP contribution is -1.98. The minimum atomic E-state index is 0.0493. The van der Waals surface area contributed by atoms with Crippen molar-refractivity contribution in [1.29, 1.82) is 0 Å². The number of aryl methyl sites for hydroxylation is 1. The number of hydrogen-bond donors (Lipinski definition) is 1. The zero-order valence-electron chi connectivity index (χ0n) is 7.64. The topological polar surface area (TPSA) is 90.7 Å². The Kier molecular flexibility index (Phi) is 2.74. The molecule has 0 fully saturated rings. The molecule has 2 aromatic heterocycles. The molecule has 2 heterocycles. The van der Waals surface area contributed by atoms with Crippen molar-refractivity contribution < 1.29 is 4.42 Å². The van der Waals surface area contributed by atoms with Crippen molar-refractivity contribution in [2.24, 2.45) is 0 Å². The Morgan fingerprint density at radius 1 is 1.33 bits per heavy atom. The molecule has 0 amide bonds. The first-order chi connectivity index (χ1) is 7.13. The van der Waals surface area contributed by atoms with Crippen LogP contribution in [-0.4, -0.2) is 19.9 Å². The molecule has 78 valence electrons. The third kappa shape index (κ3) is 2.57. The highest BCUT2D eigenvalue weighted by molar-refractivity contribution is 7.98. The number of nitrogen functional groups attached to an aromatic ring is 1. The SMILES string of the molecule is Cc1coc(Sc2nc(N)nc(Cl)n2)n1. The zero-order chi connectivity index (χ0) is 10.8. The Morgan fingerprint density at radius 3 is 2.73 bits per heavy atom. The predicted octanol–water partition coefficient (Wildman–Crippen LogP) is 1.55. The number of nitrogens with two attached hydrogens (primary N) is 1. The average molecular weight is 244 g/mol. The second-order valence-electron chi connectivity index (χ2n) is 2.60. The van der Waals surface area contributed by atoms with E-state index in [0.29, 0.717) is 10.4 Å². The van der Waals surface area contributed by atoms with Crippen LogP contribution in [0, 0.1) is 6.92 Å². The lowest BCUT2D eigenvalue weighted by Gasteiger charge is -1.96. The lowest BCUT2D eigenvalue weighted by molar-refractivity contribution is 0.453. The molecule has 0 unspecified atom stereocenters. The van der Waals surface area contributed by atoms with E-state index in [1.54, 1.807) is 0 Å². The van der Waals surface area contributed by atoms with Crippen LogP contribution in [0.3, 0.4) is 0 Å². The summed E-state index contributed by atoms with van der Waals surface area (Å²) in [7, 11) is 0. The van der Waals surface area contributed by atoms with Crippen LogP contribution >= 0.6 is 23.4 Å². The molecular weight excluding hydrogens is 238 g/mol. The van der Waals surface area contributed by atoms with Crippen molar-refractivity contribution in [3.05, 3.63) is 17.2 Å². The predicted molar refractivity (Wildman–Crippen MR) is 54.6 cm³/mol. The molecule has 0 atom stereocenters. The van der Waals surface area contributed by atoms with Crippen LogP contribution in [-0.2, 0) is 0 Å². The summed E-state index contributed by atoms with van der Waals surface area (Å²) in [5.41, 5.74) is 6.19. The Morgan fingerprint density at radius 2 is 2.13 bits per heavy atom. The molecule has 15 heavy (non-hydrogen) atoms. The standard InChI is InChI=1S/C7H6ClN5OS/c1-3-2-14-7(10-3)15-6-12-4(8)11-5(9)13-6/h2H,1H3,(H2,9,11,12,13). The number of hydrogen-bond acceptors (Lipinski definition) is 7. The molecule has 0 spiro atoms. The summed E-state index contributed by atoms with van der Waals surface area (Å²) in [6.45, 7) is 1.82. The molecule has 2 aromatic rings. The number of anilines is 1. The van der Waals surface area contributed by atoms with Crippen molar-refractivity contribution in [3.8, 4) is 0 Å². The van der Waals surface area contributed by atoms with E-state index in [1.807, 2.05) is 6.92 Å². The molecule has 0 bridgehead atoms. The largest absolute Gasteiger partial charge is 0.439 e. The number of halogens is 1. The van der Waals surface area contributed by atoms with Crippen LogP contribution in [0.4, 0.5) is 5.95 Å². The average Bonchev–Trinajstić information content (AvgIpc) is 2.49. The summed E-state index contributed by atoms with van der Waals surface area (Å²) in [5, 5.41) is 0.844. The molecule has 2 N–H and O–H groups in total. The molecule has 0 aromatic carbocycles. The van der Waals surface area contributed by atoms with Gasteiger partial charge < -0.3 is 10.2 Å². The quantitative estimate of drug-likeness (QED) is 0.856. The lowest BCUT2D eigenvalue weighted by atomic mass is 10.6. The molecule has 0 aliphatic heterocycles. The van der Waals surface area contributed by atoms with Gasteiger partial charge >= 0.3 is 0 Å². The van der Waals surface area contributed by atoms with Crippen LogP contribution in [0.25, 0.3) is 0 Å². The molecule has 0 aliphatic carbocycles. The third-order valence-electron chi connectivity index (χ3n) is 1.38. The van der Waals surface area contributed by atoms with Crippen LogP contribution in [0.2, 0.25) is 5.28 Å². The van der Waals surface area contributed by atoms with E-state index in [0.717, 1.165) is 17.5 Å². The van der Waals surface area contributed by atoms with Gasteiger partial charge in [0.2, 0.25) is 16.4 Å². The van der Waals surface area contributed by atoms with E-state index in [4.69, 9.17) is 21.8 Å². The maximum atomic E-state index is 5.61. The Hall–Kier alpha value is -1.34. The highest BCUT2D eigenvalue weighted by atomic mass is 35.5. The van der Waals surface area contributed by atoms with Gasteiger partial charge in [-0.1, -0.05) is 0 Å². The zero-order valence-corrected chi connectivity index (χ0v) is 9.21. The molecular formula is C7H6ClN5OS. The van der Waals surface area contributed by atoms with Crippen molar-refractivity contribution >= 4 is 29.3 Å². The van der Waals surface area contributed by atoms with E-state index in [-0.39, 0.29) is 11.2 Å². The number of aromatic nitrogens is 4. The molecule has 8 heteroatoms. The molecule has 0 saturated heterocycles. The van der Waals surface area contributed by atoms with Crippen LogP contribution in [0.15, 0.2) is 21.1 Å². The first-order valence-electron chi connectivity index (χ1n) is 3.90. The fraction of sp³-hybridized carbons (Fsp3) is 0.143. The Labute approximate surface area is 94.3 Å². The van der Waals surface area contributed by atoms with E-state index in [2.05, 4.69) is 19.9 Å². The fourth-order valence-electron chi connectivity index (χ4n) is 0.849. The van der Waals surface area contributed by atoms with E-state index in [9.17, 15) is 0 Å². The van der Waals surface area contributed by atoms with Crippen molar-refractivity contribution in [3.63, 3.8) is 0 Å². The van der Waals surface area contributed by atoms with Gasteiger partial charge in [0.05, 0.1) is 5.69 Å². The first-order valence-corrected chi connectivity index (χ1v) is 5.10. The van der Waals surface area contributed by atoms with Gasteiger partial charge in [0.15, 0.2) is 0 Å². The van der Waals surface area contributed by atoms with Crippen LogP contribution in [0.5, 0.6) is 0 Å². The third-order valence-corrected chi connectivity index (χ3v) is 2.28. The second-order valence-corrected chi connectivity index (χ2v) is 3.86. The van der Waals surface area contributed by atoms with E-state index < -0.39 is 0 Å². The van der Waals surface area contributed by atoms with Gasteiger partial charge in [0.1, 0.15) is 6.26 Å². The van der Waals surface area contributed by atoms with Crippen molar-refractivity contribution in [1.82, 2.24) is 19.9 Å². The fourth-order valence-corrected chi connectivity index (χ4v) is 1.78. The molecule has 0 saturated carbocycles. The minimum Gasteiger partial charge on any atom is -0.439 e. The van der Waals surface area contributed by atoms with Crippen LogP contribution < -0.4 is 5.73 Å². The van der Waals surface area contributed by atoms with Gasteiger partial charge in [0, 0.05) is 11.8 Å². The minimum absolute atomic E-state index is 0.0493. The summed E-state index contributed by atoms with van der Waals surface area (Å²) in [4.78, 5) is 15.5. The maximum absolute atomic E-state index is 5.61. The second kappa shape index (κ2) is 4.03. The van der Waals surface area contributed by atoms with Crippen molar-refractivity contribution in [2.75, 3.05) is 5.73 Å². The van der Waals surface area contributed by atoms with E-state index in [1.165, 1.54) is 6.26 Å². The molecule has 0 radical (unpaired) electrons. The highest BCUT2D eigenvalue weighted by Crippen LogP contribution is 2.24. The Bertz CT molecular complexity index is 468. The highest BCUT2D eigenvalue weighted by Gasteiger charge is 2.08. The summed E-state index contributed by atoms with van der Waals surface area (Å²) in [5.74, 6) is 0.0702. The molecule has 2 rings (SSSR count). The first kappa shape index (κ1) is 10.2. The number of oxazole rings is 1. The van der Waals surface area contributed by atoms with Gasteiger partial charge in [0.25, 0.3) is 5.22 Å². The molecule has 6 nitrogen and oxygen atoms in total. The Balaban J connectivity index is 2.24. The van der Waals surface area contributed by atoms with Gasteiger partial charge in [-0.25, -0.2) is 4.98 Å². The van der Waals surface area contributed by atoms with Crippen LogP contribution in [0.1, 0.15) is 5.69 Å². The van der Waals surface area contributed by atoms with Crippen molar-refractivity contribution in [2.45, 2.75) is 17.3 Å². The number of rotatable bonds is 2. The van der Waals surface area contributed by atoms with Gasteiger partial charge in [-0.05, 0) is 18.5 Å². The molecule has 0 aliphatic rings. The summed E-state index contributed by atoms with van der Waals surface area (Å²) in [6, 6.07) is 0. The van der Waals surface area contributed by atoms with Gasteiger partial charge in [-0.3, -0.25) is 0 Å². The summed E-state index contributed by atoms with van der Waals surface area (Å²) >= 11 is 6.75. The maximum Gasteiger partial charge on any atom is 0.263 e. The number of nitrogens with zero attached hydrogens (tertiary/aromatic N) is 4. The van der Waals surface area contributed by atoms with E-state index >= 15 is 0 Å². The smallest absolute Gasteiger partial charge is 0.263 e. The summed E-state index contributed by atoms with van der Waals surface area (Å²) < 4.78 is 5.12. The van der Waals surface area contributed by atoms with Gasteiger partial charge in [-0.15, -0.1) is 0 Å². The summed E-state index contributed by atoms with van der Waals surface area (Å²) in [6.07, 6.45) is 1.54.